The van der Waals surface area contributed by atoms with E-state index < -0.39 is 16.0 Å². The number of hydrogen-bond acceptors (Lipinski definition) is 3. The number of nitrogens with zero attached hydrogens (tertiary/aromatic N) is 1. The molecule has 0 saturated heterocycles. The molecule has 5 nitrogen and oxygen atoms in total. The molecule has 0 saturated carbocycles. The van der Waals surface area contributed by atoms with Gasteiger partial charge in [0.25, 0.3) is 0 Å². The van der Waals surface area contributed by atoms with Gasteiger partial charge in [0.05, 0.1) is 0 Å². The summed E-state index contributed by atoms with van der Waals surface area (Å²) >= 11 is 0. The van der Waals surface area contributed by atoms with Crippen molar-refractivity contribution in [1.29, 1.82) is 0 Å². The third kappa shape index (κ3) is 4.29. The number of benzene rings is 1. The number of nitrogens with one attached hydrogen (secondary N) is 1. The molecular weight excluding hydrogens is 247 g/mol. The molecule has 0 aromatic heterocycles. The maximum atomic E-state index is 12.6. The molecule has 0 aliphatic heterocycles. The second-order valence-corrected chi connectivity index (χ2v) is 5.29. The zero-order chi connectivity index (χ0) is 12.9. The SMILES string of the molecule is CN(CCCO)S(=O)(=O)Nc1ccc(F)cc1. The molecular formula is C10H15FN2O3S. The summed E-state index contributed by atoms with van der Waals surface area (Å²) < 4.78 is 39.5. The number of rotatable bonds is 6. The molecule has 0 atom stereocenters. The van der Waals surface area contributed by atoms with Crippen LogP contribution >= 0.6 is 0 Å². The Bertz CT molecular complexity index is 447. The minimum atomic E-state index is -3.65. The molecule has 0 aliphatic carbocycles. The molecule has 0 amide bonds. The Hall–Kier alpha value is -1.18. The first-order valence-corrected chi connectivity index (χ1v) is 6.50. The molecule has 1 rings (SSSR count). The van der Waals surface area contributed by atoms with Crippen molar-refractivity contribution in [2.75, 3.05) is 24.9 Å². The topological polar surface area (TPSA) is 69.6 Å². The van der Waals surface area contributed by atoms with Gasteiger partial charge in [0.2, 0.25) is 0 Å². The maximum absolute atomic E-state index is 12.6. The Balaban J connectivity index is 2.69. The monoisotopic (exact) mass is 262 g/mol. The average Bonchev–Trinajstić information content (AvgIpc) is 2.28. The Morgan fingerprint density at radius 2 is 1.94 bits per heavy atom. The van der Waals surface area contributed by atoms with Crippen LogP contribution < -0.4 is 4.72 Å². The second kappa shape index (κ2) is 5.95. The van der Waals surface area contributed by atoms with E-state index >= 15 is 0 Å². The number of halogens is 1. The number of aliphatic hydroxyl groups excluding tert-OH is 1. The third-order valence-electron chi connectivity index (χ3n) is 2.13. The summed E-state index contributed by atoms with van der Waals surface area (Å²) in [5, 5.41) is 8.62. The van der Waals surface area contributed by atoms with Gasteiger partial charge in [0.1, 0.15) is 5.82 Å². The Morgan fingerprint density at radius 3 is 2.47 bits per heavy atom. The lowest BCUT2D eigenvalue weighted by atomic mass is 10.3. The summed E-state index contributed by atoms with van der Waals surface area (Å²) in [6.07, 6.45) is 0.362. The van der Waals surface area contributed by atoms with E-state index in [0.29, 0.717) is 12.1 Å². The summed E-state index contributed by atoms with van der Waals surface area (Å²) in [4.78, 5) is 0. The molecule has 0 radical (unpaired) electrons. The highest BCUT2D eigenvalue weighted by Gasteiger charge is 2.16. The van der Waals surface area contributed by atoms with Gasteiger partial charge in [-0.3, -0.25) is 4.72 Å². The molecule has 0 heterocycles. The molecule has 0 spiro atoms. The normalized spacial score (nSPS) is 11.8. The van der Waals surface area contributed by atoms with E-state index in [1.54, 1.807) is 0 Å². The Morgan fingerprint density at radius 1 is 1.35 bits per heavy atom. The van der Waals surface area contributed by atoms with Gasteiger partial charge in [-0.25, -0.2) is 4.39 Å². The smallest absolute Gasteiger partial charge is 0.301 e. The van der Waals surface area contributed by atoms with E-state index in [1.165, 1.54) is 31.3 Å². The molecule has 0 fully saturated rings. The largest absolute Gasteiger partial charge is 0.396 e. The first kappa shape index (κ1) is 13.9. The van der Waals surface area contributed by atoms with E-state index in [9.17, 15) is 12.8 Å². The summed E-state index contributed by atoms with van der Waals surface area (Å²) in [6, 6.07) is 5.02. The molecule has 2 N–H and O–H groups in total. The zero-order valence-corrected chi connectivity index (χ0v) is 10.2. The van der Waals surface area contributed by atoms with Crippen molar-refractivity contribution in [2.45, 2.75) is 6.42 Å². The first-order chi connectivity index (χ1) is 7.95. The lowest BCUT2D eigenvalue weighted by Gasteiger charge is -2.17. The van der Waals surface area contributed by atoms with E-state index in [1.807, 2.05) is 0 Å². The first-order valence-electron chi connectivity index (χ1n) is 5.06. The molecule has 0 aliphatic rings. The Labute approximate surface area is 100 Å². The van der Waals surface area contributed by atoms with E-state index in [0.717, 1.165) is 4.31 Å². The van der Waals surface area contributed by atoms with Gasteiger partial charge in [-0.15, -0.1) is 0 Å². The number of hydrogen-bond donors (Lipinski definition) is 2. The quantitative estimate of drug-likeness (QED) is 0.796. The molecule has 0 bridgehead atoms. The van der Waals surface area contributed by atoms with Crippen molar-refractivity contribution < 1.29 is 17.9 Å². The summed E-state index contributed by atoms with van der Waals surface area (Å²) in [5.41, 5.74) is 0.294. The second-order valence-electron chi connectivity index (χ2n) is 3.51. The number of aliphatic hydroxyl groups is 1. The molecule has 17 heavy (non-hydrogen) atoms. The van der Waals surface area contributed by atoms with Crippen LogP contribution in [-0.2, 0) is 10.2 Å². The minimum absolute atomic E-state index is 0.0730. The van der Waals surface area contributed by atoms with Crippen LogP contribution in [0.4, 0.5) is 10.1 Å². The van der Waals surface area contributed by atoms with E-state index in [4.69, 9.17) is 5.11 Å². The highest BCUT2D eigenvalue weighted by atomic mass is 32.2. The molecule has 7 heteroatoms. The molecule has 0 unspecified atom stereocenters. The summed E-state index contributed by atoms with van der Waals surface area (Å²) in [5.74, 6) is -0.429. The van der Waals surface area contributed by atoms with Gasteiger partial charge < -0.3 is 5.11 Å². The van der Waals surface area contributed by atoms with Gasteiger partial charge in [0, 0.05) is 25.9 Å². The van der Waals surface area contributed by atoms with Crippen molar-refractivity contribution in [3.8, 4) is 0 Å². The van der Waals surface area contributed by atoms with Crippen LogP contribution in [0.2, 0.25) is 0 Å². The zero-order valence-electron chi connectivity index (χ0n) is 9.43. The van der Waals surface area contributed by atoms with E-state index in [2.05, 4.69) is 4.72 Å². The van der Waals surface area contributed by atoms with Crippen molar-refractivity contribution in [1.82, 2.24) is 4.31 Å². The van der Waals surface area contributed by atoms with Crippen molar-refractivity contribution in [3.63, 3.8) is 0 Å². The average molecular weight is 262 g/mol. The van der Waals surface area contributed by atoms with Crippen molar-refractivity contribution >= 4 is 15.9 Å². The highest BCUT2D eigenvalue weighted by Crippen LogP contribution is 2.11. The fourth-order valence-electron chi connectivity index (χ4n) is 1.16. The molecule has 96 valence electrons. The van der Waals surface area contributed by atoms with Gasteiger partial charge >= 0.3 is 10.2 Å². The molecule has 1 aromatic carbocycles. The Kier molecular flexibility index (Phi) is 4.86. The van der Waals surface area contributed by atoms with Crippen molar-refractivity contribution in [2.24, 2.45) is 0 Å². The van der Waals surface area contributed by atoms with Gasteiger partial charge in [-0.2, -0.15) is 12.7 Å². The van der Waals surface area contributed by atoms with Crippen LogP contribution in [0.1, 0.15) is 6.42 Å². The maximum Gasteiger partial charge on any atom is 0.301 e. The van der Waals surface area contributed by atoms with E-state index in [-0.39, 0.29) is 13.2 Å². The third-order valence-corrected chi connectivity index (χ3v) is 3.63. The predicted molar refractivity (Wildman–Crippen MR) is 63.3 cm³/mol. The van der Waals surface area contributed by atoms with Crippen LogP contribution in [0.25, 0.3) is 0 Å². The van der Waals surface area contributed by atoms with Gasteiger partial charge in [0.15, 0.2) is 0 Å². The van der Waals surface area contributed by atoms with Crippen molar-refractivity contribution in [3.05, 3.63) is 30.1 Å². The van der Waals surface area contributed by atoms with Crippen LogP contribution in [-0.4, -0.2) is 38.0 Å². The standard InChI is InChI=1S/C10H15FN2O3S/c1-13(7-2-8-14)17(15,16)12-10-5-3-9(11)4-6-10/h3-6,12,14H,2,7-8H2,1H3. The fourth-order valence-corrected chi connectivity index (χ4v) is 2.12. The summed E-state index contributed by atoms with van der Waals surface area (Å²) in [6.45, 7) is 0.142. The van der Waals surface area contributed by atoms with Crippen LogP contribution in [0.15, 0.2) is 24.3 Å². The summed E-state index contributed by atoms with van der Waals surface area (Å²) in [7, 11) is -2.24. The van der Waals surface area contributed by atoms with Crippen LogP contribution in [0.3, 0.4) is 0 Å². The van der Waals surface area contributed by atoms with Crippen LogP contribution in [0.5, 0.6) is 0 Å². The van der Waals surface area contributed by atoms with Gasteiger partial charge in [-0.1, -0.05) is 0 Å². The van der Waals surface area contributed by atoms with Crippen LogP contribution in [0, 0.1) is 5.82 Å². The lowest BCUT2D eigenvalue weighted by Crippen LogP contribution is -2.33. The van der Waals surface area contributed by atoms with Gasteiger partial charge in [-0.05, 0) is 30.7 Å². The lowest BCUT2D eigenvalue weighted by molar-refractivity contribution is 0.276. The highest BCUT2D eigenvalue weighted by molar-refractivity contribution is 7.90. The minimum Gasteiger partial charge on any atom is -0.396 e. The molecule has 1 aromatic rings. The number of anilines is 1. The fraction of sp³-hybridized carbons (Fsp3) is 0.400. The predicted octanol–water partition coefficient (Wildman–Crippen LogP) is 0.797.